The molecule has 0 aliphatic heterocycles. The molecular formula is C15H25N3. The Morgan fingerprint density at radius 2 is 1.83 bits per heavy atom. The summed E-state index contributed by atoms with van der Waals surface area (Å²) in [5.41, 5.74) is 1.13. The number of anilines is 1. The van der Waals surface area contributed by atoms with Crippen LogP contribution in [0.15, 0.2) is 6.07 Å². The van der Waals surface area contributed by atoms with E-state index >= 15 is 0 Å². The zero-order chi connectivity index (χ0) is 13.1. The van der Waals surface area contributed by atoms with Gasteiger partial charge in [0.2, 0.25) is 0 Å². The number of nitrogens with zero attached hydrogens (tertiary/aromatic N) is 2. The van der Waals surface area contributed by atoms with Crippen LogP contribution in [0.25, 0.3) is 0 Å². The molecule has 0 radical (unpaired) electrons. The molecule has 1 fully saturated rings. The van der Waals surface area contributed by atoms with E-state index in [2.05, 4.69) is 42.1 Å². The third-order valence-corrected chi connectivity index (χ3v) is 3.78. The molecule has 2 rings (SSSR count). The highest BCUT2D eigenvalue weighted by Gasteiger charge is 2.24. The molecule has 0 amide bonds. The van der Waals surface area contributed by atoms with Gasteiger partial charge in [0.25, 0.3) is 0 Å². The van der Waals surface area contributed by atoms with E-state index in [9.17, 15) is 0 Å². The van der Waals surface area contributed by atoms with Gasteiger partial charge in [-0.15, -0.1) is 0 Å². The fourth-order valence-electron chi connectivity index (χ4n) is 3.16. The minimum absolute atomic E-state index is 0.572. The van der Waals surface area contributed by atoms with Gasteiger partial charge in [0, 0.05) is 17.8 Å². The summed E-state index contributed by atoms with van der Waals surface area (Å²) < 4.78 is 0. The lowest BCUT2D eigenvalue weighted by atomic mass is 9.80. The van der Waals surface area contributed by atoms with Gasteiger partial charge in [-0.3, -0.25) is 0 Å². The SMILES string of the molecule is CCc1cc(NC2CC(C)CC(C)C2)nc(C)n1. The predicted octanol–water partition coefficient (Wildman–Crippen LogP) is 3.58. The summed E-state index contributed by atoms with van der Waals surface area (Å²) in [7, 11) is 0. The number of aryl methyl sites for hydroxylation is 2. The largest absolute Gasteiger partial charge is 0.367 e. The number of aromatic nitrogens is 2. The highest BCUT2D eigenvalue weighted by atomic mass is 15.0. The van der Waals surface area contributed by atoms with Gasteiger partial charge < -0.3 is 5.32 Å². The zero-order valence-corrected chi connectivity index (χ0v) is 12.0. The van der Waals surface area contributed by atoms with E-state index in [-0.39, 0.29) is 0 Å². The highest BCUT2D eigenvalue weighted by molar-refractivity contribution is 5.37. The zero-order valence-electron chi connectivity index (χ0n) is 12.0. The maximum absolute atomic E-state index is 4.50. The van der Waals surface area contributed by atoms with Crippen LogP contribution in [0.1, 0.15) is 51.6 Å². The monoisotopic (exact) mass is 247 g/mol. The average Bonchev–Trinajstić information content (AvgIpc) is 2.26. The van der Waals surface area contributed by atoms with Crippen molar-refractivity contribution in [3.8, 4) is 0 Å². The second-order valence-electron chi connectivity index (χ2n) is 5.90. The molecular weight excluding hydrogens is 222 g/mol. The van der Waals surface area contributed by atoms with Gasteiger partial charge in [-0.05, 0) is 44.4 Å². The molecule has 3 nitrogen and oxygen atoms in total. The normalized spacial score (nSPS) is 28.1. The Morgan fingerprint density at radius 1 is 1.17 bits per heavy atom. The fraction of sp³-hybridized carbons (Fsp3) is 0.733. The standard InChI is InChI=1S/C15H25N3/c1-5-13-9-15(17-12(4)16-13)18-14-7-10(2)6-11(3)8-14/h9-11,14H,5-8H2,1-4H3,(H,16,17,18). The Labute approximate surface area is 110 Å². The van der Waals surface area contributed by atoms with Gasteiger partial charge in [-0.2, -0.15) is 0 Å². The van der Waals surface area contributed by atoms with E-state index in [1.54, 1.807) is 0 Å². The van der Waals surface area contributed by atoms with Crippen molar-refractivity contribution < 1.29 is 0 Å². The quantitative estimate of drug-likeness (QED) is 0.887. The Hall–Kier alpha value is -1.12. The summed E-state index contributed by atoms with van der Waals surface area (Å²) >= 11 is 0. The van der Waals surface area contributed by atoms with Crippen LogP contribution in [-0.4, -0.2) is 16.0 Å². The van der Waals surface area contributed by atoms with Crippen molar-refractivity contribution in [2.45, 2.75) is 59.4 Å². The molecule has 0 spiro atoms. The number of hydrogen-bond acceptors (Lipinski definition) is 3. The summed E-state index contributed by atoms with van der Waals surface area (Å²) in [6.07, 6.45) is 4.85. The third kappa shape index (κ3) is 3.44. The van der Waals surface area contributed by atoms with Crippen LogP contribution in [-0.2, 0) is 6.42 Å². The average molecular weight is 247 g/mol. The maximum Gasteiger partial charge on any atom is 0.130 e. The van der Waals surface area contributed by atoms with Gasteiger partial charge in [0.05, 0.1) is 0 Å². The van der Waals surface area contributed by atoms with Crippen molar-refractivity contribution in [2.75, 3.05) is 5.32 Å². The Balaban J connectivity index is 2.06. The van der Waals surface area contributed by atoms with Gasteiger partial charge in [0.1, 0.15) is 11.6 Å². The van der Waals surface area contributed by atoms with E-state index in [0.29, 0.717) is 6.04 Å². The molecule has 0 bridgehead atoms. The number of hydrogen-bond donors (Lipinski definition) is 1. The summed E-state index contributed by atoms with van der Waals surface area (Å²) in [6.45, 7) is 8.81. The fourth-order valence-corrected chi connectivity index (χ4v) is 3.16. The maximum atomic E-state index is 4.50. The second kappa shape index (κ2) is 5.68. The Bertz CT molecular complexity index is 393. The molecule has 0 saturated heterocycles. The molecule has 2 unspecified atom stereocenters. The first-order chi connectivity index (χ1) is 8.56. The minimum atomic E-state index is 0.572. The molecule has 1 N–H and O–H groups in total. The summed E-state index contributed by atoms with van der Waals surface area (Å²) in [4.78, 5) is 8.93. The smallest absolute Gasteiger partial charge is 0.130 e. The minimum Gasteiger partial charge on any atom is -0.367 e. The second-order valence-corrected chi connectivity index (χ2v) is 5.90. The molecule has 1 aliphatic rings. The molecule has 3 heteroatoms. The van der Waals surface area contributed by atoms with Crippen molar-refractivity contribution in [1.29, 1.82) is 0 Å². The van der Waals surface area contributed by atoms with E-state index in [0.717, 1.165) is 35.6 Å². The molecule has 0 aromatic carbocycles. The summed E-state index contributed by atoms with van der Waals surface area (Å²) in [5.74, 6) is 3.51. The van der Waals surface area contributed by atoms with Crippen molar-refractivity contribution in [1.82, 2.24) is 9.97 Å². The van der Waals surface area contributed by atoms with Crippen LogP contribution in [0, 0.1) is 18.8 Å². The first-order valence-electron chi connectivity index (χ1n) is 7.18. The van der Waals surface area contributed by atoms with Gasteiger partial charge in [-0.25, -0.2) is 9.97 Å². The number of nitrogens with one attached hydrogen (secondary N) is 1. The Morgan fingerprint density at radius 3 is 2.44 bits per heavy atom. The highest BCUT2D eigenvalue weighted by Crippen LogP contribution is 2.30. The van der Waals surface area contributed by atoms with Gasteiger partial charge >= 0.3 is 0 Å². The number of rotatable bonds is 3. The van der Waals surface area contributed by atoms with Crippen molar-refractivity contribution >= 4 is 5.82 Å². The topological polar surface area (TPSA) is 37.8 Å². The first-order valence-corrected chi connectivity index (χ1v) is 7.18. The first kappa shape index (κ1) is 13.3. The predicted molar refractivity (Wildman–Crippen MR) is 75.7 cm³/mol. The lowest BCUT2D eigenvalue weighted by Gasteiger charge is -2.32. The molecule has 1 saturated carbocycles. The molecule has 2 atom stereocenters. The molecule has 1 aromatic heterocycles. The lowest BCUT2D eigenvalue weighted by molar-refractivity contribution is 0.280. The van der Waals surface area contributed by atoms with Gasteiger partial charge in [-0.1, -0.05) is 20.8 Å². The summed E-state index contributed by atoms with van der Waals surface area (Å²) in [5, 5.41) is 3.61. The van der Waals surface area contributed by atoms with E-state index in [1.165, 1.54) is 19.3 Å². The van der Waals surface area contributed by atoms with Crippen molar-refractivity contribution in [3.63, 3.8) is 0 Å². The van der Waals surface area contributed by atoms with E-state index < -0.39 is 0 Å². The summed E-state index contributed by atoms with van der Waals surface area (Å²) in [6, 6.07) is 2.67. The molecule has 18 heavy (non-hydrogen) atoms. The van der Waals surface area contributed by atoms with Crippen LogP contribution in [0.5, 0.6) is 0 Å². The van der Waals surface area contributed by atoms with Crippen LogP contribution < -0.4 is 5.32 Å². The molecule has 1 aliphatic carbocycles. The third-order valence-electron chi connectivity index (χ3n) is 3.78. The van der Waals surface area contributed by atoms with Crippen LogP contribution >= 0.6 is 0 Å². The Kier molecular flexibility index (Phi) is 4.20. The lowest BCUT2D eigenvalue weighted by Crippen LogP contribution is -2.30. The molecule has 1 heterocycles. The van der Waals surface area contributed by atoms with Crippen LogP contribution in [0.3, 0.4) is 0 Å². The van der Waals surface area contributed by atoms with E-state index in [1.807, 2.05) is 6.92 Å². The molecule has 100 valence electrons. The van der Waals surface area contributed by atoms with Crippen molar-refractivity contribution in [3.05, 3.63) is 17.6 Å². The molecule has 1 aromatic rings. The van der Waals surface area contributed by atoms with E-state index in [4.69, 9.17) is 0 Å². The van der Waals surface area contributed by atoms with Gasteiger partial charge in [0.15, 0.2) is 0 Å². The van der Waals surface area contributed by atoms with Crippen LogP contribution in [0.2, 0.25) is 0 Å². The van der Waals surface area contributed by atoms with Crippen molar-refractivity contribution in [2.24, 2.45) is 11.8 Å². The van der Waals surface area contributed by atoms with Crippen LogP contribution in [0.4, 0.5) is 5.82 Å².